The highest BCUT2D eigenvalue weighted by Crippen LogP contribution is 2.15. The van der Waals surface area contributed by atoms with Gasteiger partial charge in [-0.1, -0.05) is 23.1 Å². The van der Waals surface area contributed by atoms with E-state index in [1.165, 1.54) is 12.1 Å². The number of hydrogen-bond donors (Lipinski definition) is 0. The molecule has 0 aliphatic heterocycles. The van der Waals surface area contributed by atoms with Gasteiger partial charge in [0.1, 0.15) is 0 Å². The van der Waals surface area contributed by atoms with Gasteiger partial charge in [-0.05, 0) is 0 Å². The summed E-state index contributed by atoms with van der Waals surface area (Å²) in [4.78, 5) is 9.96. The molecule has 0 saturated heterocycles. The summed E-state index contributed by atoms with van der Waals surface area (Å²) < 4.78 is 0. The number of nitrogens with zero attached hydrogens (tertiary/aromatic N) is 1. The average molecular weight is 154 g/mol. The van der Waals surface area contributed by atoms with E-state index in [4.69, 9.17) is 0 Å². The van der Waals surface area contributed by atoms with Crippen LogP contribution in [0.4, 0.5) is 5.69 Å². The van der Waals surface area contributed by atoms with E-state index >= 15 is 0 Å². The Kier molecular flexibility index (Phi) is 1.82. The van der Waals surface area contributed by atoms with E-state index in [1.807, 2.05) is 0 Å². The molecule has 0 atom stereocenters. The summed E-state index contributed by atoms with van der Waals surface area (Å²) in [5, 5.41) is 10.2. The van der Waals surface area contributed by atoms with Crippen molar-refractivity contribution in [3.8, 4) is 0 Å². The van der Waals surface area contributed by atoms with Gasteiger partial charge >= 0.3 is 0 Å². The molecule has 3 nitrogen and oxygen atoms in total. The molecule has 0 heterocycles. The van der Waals surface area contributed by atoms with Gasteiger partial charge in [0.2, 0.25) is 5.69 Å². The summed E-state index contributed by atoms with van der Waals surface area (Å²) in [6, 6.07) is 6.19. The minimum atomic E-state index is -0.484. The van der Waals surface area contributed by atoms with Crippen molar-refractivity contribution in [3.05, 3.63) is 34.4 Å². The minimum Gasteiger partial charge on any atom is -0.773 e. The lowest BCUT2D eigenvalue weighted by atomic mass is 10.3. The maximum atomic E-state index is 10.2. The van der Waals surface area contributed by atoms with Crippen molar-refractivity contribution in [1.29, 1.82) is 0 Å². The highest BCUT2D eigenvalue weighted by molar-refractivity contribution is 7.59. The summed E-state index contributed by atoms with van der Waals surface area (Å²) in [7, 11) is 0. The SMILES string of the molecule is O=[N+]([O-])c1ccccc1[S-]. The molecule has 0 aliphatic rings. The van der Waals surface area contributed by atoms with E-state index in [2.05, 4.69) is 12.6 Å². The largest absolute Gasteiger partial charge is 0.773 e. The van der Waals surface area contributed by atoms with Crippen molar-refractivity contribution in [2.75, 3.05) is 0 Å². The first kappa shape index (κ1) is 6.95. The molecule has 10 heavy (non-hydrogen) atoms. The predicted octanol–water partition coefficient (Wildman–Crippen LogP) is 1.50. The van der Waals surface area contributed by atoms with Gasteiger partial charge in [-0.25, -0.2) is 0 Å². The third-order valence-electron chi connectivity index (χ3n) is 1.06. The van der Waals surface area contributed by atoms with Crippen molar-refractivity contribution >= 4 is 18.3 Å². The van der Waals surface area contributed by atoms with Crippen LogP contribution in [0.2, 0.25) is 0 Å². The Morgan fingerprint density at radius 1 is 1.40 bits per heavy atom. The molecule has 1 aromatic rings. The fourth-order valence-corrected chi connectivity index (χ4v) is 0.829. The summed E-state index contributed by atoms with van der Waals surface area (Å²) in [6.07, 6.45) is 0. The number of hydrogen-bond acceptors (Lipinski definition) is 3. The second-order valence-corrected chi connectivity index (χ2v) is 2.16. The topological polar surface area (TPSA) is 43.1 Å². The molecule has 0 aliphatic carbocycles. The minimum absolute atomic E-state index is 0.00231. The van der Waals surface area contributed by atoms with Crippen LogP contribution in [0.5, 0.6) is 0 Å². The van der Waals surface area contributed by atoms with Gasteiger partial charge in [0, 0.05) is 6.07 Å². The molecule has 4 heteroatoms. The van der Waals surface area contributed by atoms with Crippen LogP contribution in [0.25, 0.3) is 0 Å². The fourth-order valence-electron chi connectivity index (χ4n) is 0.608. The molecule has 0 radical (unpaired) electrons. The van der Waals surface area contributed by atoms with E-state index < -0.39 is 4.92 Å². The van der Waals surface area contributed by atoms with Crippen LogP contribution in [0.15, 0.2) is 29.2 Å². The number of nitro benzene ring substituents is 1. The second-order valence-electron chi connectivity index (χ2n) is 1.72. The van der Waals surface area contributed by atoms with Crippen LogP contribution in [-0.2, 0) is 12.6 Å². The normalized spacial score (nSPS) is 9.20. The molecule has 0 N–H and O–H groups in total. The van der Waals surface area contributed by atoms with Crippen LogP contribution in [0.1, 0.15) is 0 Å². The third-order valence-corrected chi connectivity index (χ3v) is 1.41. The number of nitro groups is 1. The first-order chi connectivity index (χ1) is 4.72. The van der Waals surface area contributed by atoms with Crippen LogP contribution in [0, 0.1) is 10.1 Å². The van der Waals surface area contributed by atoms with E-state index in [1.54, 1.807) is 12.1 Å². The molecule has 1 aromatic carbocycles. The fraction of sp³-hybridized carbons (Fsp3) is 0. The Labute approximate surface area is 63.2 Å². The summed E-state index contributed by atoms with van der Waals surface area (Å²) >= 11 is 4.69. The molecule has 0 amide bonds. The van der Waals surface area contributed by atoms with Gasteiger partial charge in [-0.2, -0.15) is 0 Å². The smallest absolute Gasteiger partial charge is 0.250 e. The van der Waals surface area contributed by atoms with Gasteiger partial charge in [0.25, 0.3) is 0 Å². The van der Waals surface area contributed by atoms with Gasteiger partial charge < -0.3 is 12.6 Å². The lowest BCUT2D eigenvalue weighted by molar-refractivity contribution is -0.387. The molecule has 0 unspecified atom stereocenters. The van der Waals surface area contributed by atoms with Crippen LogP contribution >= 0.6 is 0 Å². The van der Waals surface area contributed by atoms with Gasteiger partial charge in [0.15, 0.2) is 0 Å². The first-order valence-electron chi connectivity index (χ1n) is 2.62. The van der Waals surface area contributed by atoms with Gasteiger partial charge in [-0.15, -0.1) is 0 Å². The molecule has 1 rings (SSSR count). The Bertz CT molecular complexity index is 262. The van der Waals surface area contributed by atoms with E-state index in [-0.39, 0.29) is 10.6 Å². The van der Waals surface area contributed by atoms with Crippen molar-refractivity contribution in [2.45, 2.75) is 4.90 Å². The van der Waals surface area contributed by atoms with E-state index in [0.29, 0.717) is 0 Å². The predicted molar refractivity (Wildman–Crippen MR) is 38.7 cm³/mol. The van der Waals surface area contributed by atoms with Crippen molar-refractivity contribution in [2.24, 2.45) is 0 Å². The Morgan fingerprint density at radius 2 is 2.00 bits per heavy atom. The van der Waals surface area contributed by atoms with Crippen LogP contribution in [-0.4, -0.2) is 4.92 Å². The molecule has 0 fully saturated rings. The van der Waals surface area contributed by atoms with E-state index in [0.717, 1.165) is 0 Å². The molecule has 0 spiro atoms. The molecule has 52 valence electrons. The summed E-state index contributed by atoms with van der Waals surface area (Å²) in [5.74, 6) is 0. The van der Waals surface area contributed by atoms with E-state index in [9.17, 15) is 10.1 Å². The number of para-hydroxylation sites is 1. The van der Waals surface area contributed by atoms with Crippen molar-refractivity contribution in [1.82, 2.24) is 0 Å². The Balaban J connectivity index is 3.15. The Hall–Kier alpha value is -1.16. The highest BCUT2D eigenvalue weighted by atomic mass is 32.1. The van der Waals surface area contributed by atoms with Gasteiger partial charge in [-0.3, -0.25) is 10.1 Å². The average Bonchev–Trinajstić information content (AvgIpc) is 1.88. The molecular weight excluding hydrogens is 150 g/mol. The van der Waals surface area contributed by atoms with Gasteiger partial charge in [0.05, 0.1) is 4.92 Å². The summed E-state index contributed by atoms with van der Waals surface area (Å²) in [6.45, 7) is 0. The molecule has 0 saturated carbocycles. The number of rotatable bonds is 1. The zero-order chi connectivity index (χ0) is 7.56. The lowest BCUT2D eigenvalue weighted by Crippen LogP contribution is -1.89. The first-order valence-corrected chi connectivity index (χ1v) is 3.03. The molecule has 0 bridgehead atoms. The maximum absolute atomic E-state index is 10.2. The standard InChI is InChI=1S/C6H5NO2S/c8-7(9)5-3-1-2-4-6(5)10/h1-4,10H/p-1. The quantitative estimate of drug-likeness (QED) is 0.349. The monoisotopic (exact) mass is 154 g/mol. The van der Waals surface area contributed by atoms with Crippen molar-refractivity contribution in [3.63, 3.8) is 0 Å². The van der Waals surface area contributed by atoms with Crippen molar-refractivity contribution < 1.29 is 4.92 Å². The summed E-state index contributed by atoms with van der Waals surface area (Å²) in [5.41, 5.74) is -0.00231. The maximum Gasteiger partial charge on any atom is 0.250 e. The van der Waals surface area contributed by atoms with Crippen LogP contribution in [0.3, 0.4) is 0 Å². The number of benzene rings is 1. The zero-order valence-electron chi connectivity index (χ0n) is 4.98. The lowest BCUT2D eigenvalue weighted by Gasteiger charge is -2.03. The zero-order valence-corrected chi connectivity index (χ0v) is 5.80. The third kappa shape index (κ3) is 1.22. The second kappa shape index (κ2) is 2.62. The molecular formula is C6H4NO2S-. The highest BCUT2D eigenvalue weighted by Gasteiger charge is 2.00. The Morgan fingerprint density at radius 3 is 2.40 bits per heavy atom. The molecule has 0 aromatic heterocycles. The van der Waals surface area contributed by atoms with Crippen LogP contribution < -0.4 is 0 Å².